The number of anilines is 2. The second-order valence-corrected chi connectivity index (χ2v) is 5.86. The zero-order valence-electron chi connectivity index (χ0n) is 15.1. The lowest BCUT2D eigenvalue weighted by Crippen LogP contribution is -2.32. The maximum absolute atomic E-state index is 11.5. The minimum Gasteiger partial charge on any atom is -0.460 e. The predicted molar refractivity (Wildman–Crippen MR) is 99.4 cm³/mol. The molecule has 0 atom stereocenters. The average Bonchev–Trinajstić information content (AvgIpc) is 2.55. The van der Waals surface area contributed by atoms with Crippen molar-refractivity contribution in [2.45, 2.75) is 20.8 Å². The Morgan fingerprint density at radius 2 is 1.52 bits per heavy atom. The molecular weight excluding hydrogens is 320 g/mol. The van der Waals surface area contributed by atoms with Gasteiger partial charge in [0, 0.05) is 22.5 Å². The third kappa shape index (κ3) is 6.71. The summed E-state index contributed by atoms with van der Waals surface area (Å²) in [7, 11) is 0. The molecule has 0 aliphatic heterocycles. The molecule has 1 aromatic carbocycles. The molecule has 0 aliphatic carbocycles. The summed E-state index contributed by atoms with van der Waals surface area (Å²) < 4.78 is 10.3. The van der Waals surface area contributed by atoms with E-state index in [0.717, 1.165) is 11.3 Å². The molecule has 0 fully saturated rings. The van der Waals surface area contributed by atoms with E-state index in [1.807, 2.05) is 30.0 Å². The molecule has 2 N–H and O–H groups in total. The lowest BCUT2D eigenvalue weighted by molar-refractivity contribution is -0.139. The van der Waals surface area contributed by atoms with Gasteiger partial charge in [0.05, 0.1) is 13.1 Å². The Kier molecular flexibility index (Phi) is 7.72. The first-order valence-electron chi connectivity index (χ1n) is 7.98. The predicted octanol–water partition coefficient (Wildman–Crippen LogP) is 2.62. The van der Waals surface area contributed by atoms with Gasteiger partial charge in [0.2, 0.25) is 0 Å². The first kappa shape index (κ1) is 20.3. The highest BCUT2D eigenvalue weighted by molar-refractivity contribution is 5.87. The molecule has 0 amide bonds. The van der Waals surface area contributed by atoms with Gasteiger partial charge in [-0.2, -0.15) is 0 Å². The van der Waals surface area contributed by atoms with Gasteiger partial charge in [0.15, 0.2) is 0 Å². The van der Waals surface area contributed by atoms with Gasteiger partial charge < -0.3 is 20.1 Å². The van der Waals surface area contributed by atoms with E-state index in [9.17, 15) is 9.59 Å². The van der Waals surface area contributed by atoms with Crippen LogP contribution in [0.5, 0.6) is 0 Å². The maximum Gasteiger partial charge on any atom is 0.333 e. The summed E-state index contributed by atoms with van der Waals surface area (Å²) in [5.74, 6) is -0.857. The number of nitrogens with zero attached hydrogens (tertiary/aromatic N) is 1. The minimum atomic E-state index is -0.429. The summed E-state index contributed by atoms with van der Waals surface area (Å²) in [6, 6.07) is 5.64. The maximum atomic E-state index is 11.5. The largest absolute Gasteiger partial charge is 0.460 e. The molecular formula is C19H26N2O4. The topological polar surface area (TPSA) is 81.9 Å². The van der Waals surface area contributed by atoms with Crippen LogP contribution in [-0.2, 0) is 19.1 Å². The molecule has 0 bridgehead atoms. The van der Waals surface area contributed by atoms with E-state index in [1.54, 1.807) is 13.8 Å². The van der Waals surface area contributed by atoms with Crippen LogP contribution in [0.3, 0.4) is 0 Å². The highest BCUT2D eigenvalue weighted by Gasteiger charge is 2.11. The van der Waals surface area contributed by atoms with Crippen molar-refractivity contribution in [3.8, 4) is 0 Å². The summed E-state index contributed by atoms with van der Waals surface area (Å²) in [6.45, 7) is 13.5. The lowest BCUT2D eigenvalue weighted by atomic mass is 10.1. The number of hydrogen-bond donors (Lipinski definition) is 1. The number of ether oxygens (including phenoxy) is 2. The molecule has 25 heavy (non-hydrogen) atoms. The fourth-order valence-corrected chi connectivity index (χ4v) is 1.97. The number of aryl methyl sites for hydroxylation is 1. The third-order valence-electron chi connectivity index (χ3n) is 3.50. The van der Waals surface area contributed by atoms with Crippen LogP contribution in [0.4, 0.5) is 11.4 Å². The van der Waals surface area contributed by atoms with E-state index in [2.05, 4.69) is 13.2 Å². The van der Waals surface area contributed by atoms with Crippen molar-refractivity contribution < 1.29 is 19.1 Å². The van der Waals surface area contributed by atoms with E-state index >= 15 is 0 Å². The molecule has 136 valence electrons. The summed E-state index contributed by atoms with van der Waals surface area (Å²) in [5.41, 5.74) is 9.11. The average molecular weight is 346 g/mol. The number of esters is 2. The quantitative estimate of drug-likeness (QED) is 0.420. The van der Waals surface area contributed by atoms with E-state index < -0.39 is 11.9 Å². The number of hydrogen-bond acceptors (Lipinski definition) is 6. The van der Waals surface area contributed by atoms with Gasteiger partial charge in [-0.1, -0.05) is 13.2 Å². The Labute approximate surface area is 148 Å². The molecule has 0 unspecified atom stereocenters. The Balaban J connectivity index is 2.73. The molecule has 0 aliphatic rings. The van der Waals surface area contributed by atoms with Gasteiger partial charge >= 0.3 is 11.9 Å². The number of rotatable bonds is 9. The van der Waals surface area contributed by atoms with Crippen LogP contribution >= 0.6 is 0 Å². The van der Waals surface area contributed by atoms with Crippen LogP contribution in [0.15, 0.2) is 42.5 Å². The normalized spacial score (nSPS) is 10.0. The number of benzene rings is 1. The Hall–Kier alpha value is -2.76. The molecule has 1 aromatic rings. The van der Waals surface area contributed by atoms with Crippen molar-refractivity contribution in [2.24, 2.45) is 0 Å². The van der Waals surface area contributed by atoms with Gasteiger partial charge in [-0.3, -0.25) is 0 Å². The summed E-state index contributed by atoms with van der Waals surface area (Å²) in [6.07, 6.45) is 0. The van der Waals surface area contributed by atoms with E-state index in [1.165, 1.54) is 0 Å². The molecule has 6 nitrogen and oxygen atoms in total. The van der Waals surface area contributed by atoms with Crippen LogP contribution in [0.25, 0.3) is 0 Å². The van der Waals surface area contributed by atoms with Crippen molar-refractivity contribution in [3.63, 3.8) is 0 Å². The molecule has 0 radical (unpaired) electrons. The monoisotopic (exact) mass is 346 g/mol. The van der Waals surface area contributed by atoms with Crippen LogP contribution in [0, 0.1) is 6.92 Å². The highest BCUT2D eigenvalue weighted by Crippen LogP contribution is 2.20. The SMILES string of the molecule is C=C(C)C(=O)OCCN(CCOC(=O)C(=C)C)c1ccc(N)c(C)c1. The number of carbonyl (C=O) groups is 2. The standard InChI is InChI=1S/C19H26N2O4/c1-13(2)18(22)24-10-8-21(9-11-25-19(23)14(3)4)16-6-7-17(20)15(5)12-16/h6-7,12H,1,3,8-11,20H2,2,4-5H3. The fourth-order valence-electron chi connectivity index (χ4n) is 1.97. The first-order chi connectivity index (χ1) is 11.7. The van der Waals surface area contributed by atoms with Gasteiger partial charge in [-0.25, -0.2) is 9.59 Å². The Morgan fingerprint density at radius 3 is 1.92 bits per heavy atom. The second-order valence-electron chi connectivity index (χ2n) is 5.86. The van der Waals surface area contributed by atoms with Crippen LogP contribution < -0.4 is 10.6 Å². The van der Waals surface area contributed by atoms with E-state index in [-0.39, 0.29) is 13.2 Å². The van der Waals surface area contributed by atoms with Crippen molar-refractivity contribution in [1.29, 1.82) is 0 Å². The molecule has 1 rings (SSSR count). The van der Waals surface area contributed by atoms with Crippen molar-refractivity contribution >= 4 is 23.3 Å². The van der Waals surface area contributed by atoms with Gasteiger partial charge in [-0.15, -0.1) is 0 Å². The van der Waals surface area contributed by atoms with E-state index in [4.69, 9.17) is 15.2 Å². The number of carbonyl (C=O) groups excluding carboxylic acids is 2. The molecule has 0 saturated carbocycles. The molecule has 0 spiro atoms. The van der Waals surface area contributed by atoms with Gasteiger partial charge in [0.1, 0.15) is 13.2 Å². The lowest BCUT2D eigenvalue weighted by Gasteiger charge is -2.25. The Bertz CT molecular complexity index is 635. The Morgan fingerprint density at radius 1 is 1.04 bits per heavy atom. The van der Waals surface area contributed by atoms with Crippen LogP contribution in [0.1, 0.15) is 19.4 Å². The summed E-state index contributed by atoms with van der Waals surface area (Å²) >= 11 is 0. The van der Waals surface area contributed by atoms with Crippen molar-refractivity contribution in [3.05, 3.63) is 48.1 Å². The van der Waals surface area contributed by atoms with Crippen LogP contribution in [-0.4, -0.2) is 38.2 Å². The van der Waals surface area contributed by atoms with Crippen molar-refractivity contribution in [1.82, 2.24) is 0 Å². The first-order valence-corrected chi connectivity index (χ1v) is 7.98. The second kappa shape index (κ2) is 9.52. The highest BCUT2D eigenvalue weighted by atomic mass is 16.5. The molecule has 0 heterocycles. The number of nitrogen functional groups attached to an aromatic ring is 1. The van der Waals surface area contributed by atoms with Gasteiger partial charge in [0.25, 0.3) is 0 Å². The number of nitrogens with two attached hydrogens (primary N) is 1. The summed E-state index contributed by atoms with van der Waals surface area (Å²) in [4.78, 5) is 25.0. The zero-order chi connectivity index (χ0) is 19.0. The smallest absolute Gasteiger partial charge is 0.333 e. The van der Waals surface area contributed by atoms with Crippen LogP contribution in [0.2, 0.25) is 0 Å². The molecule has 0 aromatic heterocycles. The molecule has 6 heteroatoms. The summed E-state index contributed by atoms with van der Waals surface area (Å²) in [5, 5.41) is 0. The third-order valence-corrected chi connectivity index (χ3v) is 3.50. The van der Waals surface area contributed by atoms with E-state index in [0.29, 0.717) is 29.9 Å². The molecule has 0 saturated heterocycles. The minimum absolute atomic E-state index is 0.198. The van der Waals surface area contributed by atoms with Gasteiger partial charge in [-0.05, 0) is 44.5 Å². The van der Waals surface area contributed by atoms with Crippen molar-refractivity contribution in [2.75, 3.05) is 36.9 Å². The fraction of sp³-hybridized carbons (Fsp3) is 0.368. The zero-order valence-corrected chi connectivity index (χ0v) is 15.1.